The molecule has 122 valence electrons. The quantitative estimate of drug-likeness (QED) is 0.629. The first-order chi connectivity index (χ1) is 12.2. The van der Waals surface area contributed by atoms with Gasteiger partial charge in [0.2, 0.25) is 5.78 Å². The number of rotatable bonds is 6. The van der Waals surface area contributed by atoms with Crippen LogP contribution in [0.4, 0.5) is 0 Å². The van der Waals surface area contributed by atoms with Gasteiger partial charge in [0.15, 0.2) is 11.5 Å². The Morgan fingerprint density at radius 2 is 1.68 bits per heavy atom. The third kappa shape index (κ3) is 3.73. The lowest BCUT2D eigenvalue weighted by molar-refractivity contribution is 0.0876. The highest BCUT2D eigenvalue weighted by atomic mass is 16.3. The molecule has 0 bridgehead atoms. The van der Waals surface area contributed by atoms with E-state index in [9.17, 15) is 9.59 Å². The van der Waals surface area contributed by atoms with E-state index in [4.69, 9.17) is 9.68 Å². The molecule has 0 N–H and O–H groups in total. The summed E-state index contributed by atoms with van der Waals surface area (Å²) in [7, 11) is 0. The summed E-state index contributed by atoms with van der Waals surface area (Å²) < 4.78 is 5.22. The number of hydrogen-bond donors (Lipinski definition) is 0. The SMILES string of the molecule is N#Cc1ccc(C(CC(=O)c2ccccc2)C(=O)c2ccco2)cc1. The minimum Gasteiger partial charge on any atom is -0.461 e. The minimum absolute atomic E-state index is 0.0371. The fourth-order valence-corrected chi connectivity index (χ4v) is 2.67. The first-order valence-electron chi connectivity index (χ1n) is 7.85. The van der Waals surface area contributed by atoms with Gasteiger partial charge in [-0.15, -0.1) is 0 Å². The molecule has 0 saturated heterocycles. The van der Waals surface area contributed by atoms with Crippen LogP contribution in [0.2, 0.25) is 0 Å². The molecule has 1 atom stereocenters. The Labute approximate surface area is 145 Å². The number of nitriles is 1. The Hall–Kier alpha value is -3.45. The molecule has 0 spiro atoms. The average Bonchev–Trinajstić information content (AvgIpc) is 3.21. The number of nitrogens with zero attached hydrogens (tertiary/aromatic N) is 1. The number of carbonyl (C=O) groups is 2. The smallest absolute Gasteiger partial charge is 0.205 e. The Morgan fingerprint density at radius 3 is 2.28 bits per heavy atom. The van der Waals surface area contributed by atoms with Gasteiger partial charge < -0.3 is 4.42 Å². The molecule has 1 aromatic heterocycles. The summed E-state index contributed by atoms with van der Waals surface area (Å²) in [4.78, 5) is 25.4. The van der Waals surface area contributed by atoms with E-state index < -0.39 is 5.92 Å². The molecule has 0 aliphatic heterocycles. The van der Waals surface area contributed by atoms with Crippen molar-refractivity contribution in [3.8, 4) is 6.07 Å². The Morgan fingerprint density at radius 1 is 0.960 bits per heavy atom. The van der Waals surface area contributed by atoms with Crippen LogP contribution in [0.1, 0.15) is 44.4 Å². The summed E-state index contributed by atoms with van der Waals surface area (Å²) >= 11 is 0. The van der Waals surface area contributed by atoms with Crippen LogP contribution in [0.25, 0.3) is 0 Å². The Kier molecular flexibility index (Phi) is 4.87. The molecule has 0 saturated carbocycles. The standard InChI is InChI=1S/C21H15NO3/c22-14-15-8-10-16(11-9-15)18(21(24)20-7-4-12-25-20)13-19(23)17-5-2-1-3-6-17/h1-12,18H,13H2. The lowest BCUT2D eigenvalue weighted by atomic mass is 9.87. The van der Waals surface area contributed by atoms with Crippen molar-refractivity contribution in [3.05, 3.63) is 95.4 Å². The van der Waals surface area contributed by atoms with Crippen molar-refractivity contribution in [2.24, 2.45) is 0 Å². The summed E-state index contributed by atoms with van der Waals surface area (Å²) in [6.45, 7) is 0. The van der Waals surface area contributed by atoms with Crippen LogP contribution in [-0.2, 0) is 0 Å². The van der Waals surface area contributed by atoms with Gasteiger partial charge >= 0.3 is 0 Å². The number of benzene rings is 2. The van der Waals surface area contributed by atoms with Gasteiger partial charge in [-0.25, -0.2) is 0 Å². The van der Waals surface area contributed by atoms with Gasteiger partial charge in [-0.2, -0.15) is 5.26 Å². The highest BCUT2D eigenvalue weighted by molar-refractivity contribution is 6.04. The molecule has 2 aromatic carbocycles. The van der Waals surface area contributed by atoms with Crippen LogP contribution < -0.4 is 0 Å². The molecule has 3 rings (SSSR count). The zero-order chi connectivity index (χ0) is 17.6. The molecule has 4 nitrogen and oxygen atoms in total. The maximum absolute atomic E-state index is 12.8. The maximum Gasteiger partial charge on any atom is 0.205 e. The lowest BCUT2D eigenvalue weighted by Crippen LogP contribution is -2.17. The number of Topliss-reactive ketones (excluding diaryl/α,β-unsaturated/α-hetero) is 2. The van der Waals surface area contributed by atoms with Gasteiger partial charge in [0.25, 0.3) is 0 Å². The van der Waals surface area contributed by atoms with Crippen molar-refractivity contribution < 1.29 is 14.0 Å². The molecule has 0 aliphatic rings. The zero-order valence-electron chi connectivity index (χ0n) is 13.4. The summed E-state index contributed by atoms with van der Waals surface area (Å²) in [6.07, 6.45) is 1.47. The van der Waals surface area contributed by atoms with Crippen molar-refractivity contribution in [1.29, 1.82) is 5.26 Å². The third-order valence-corrected chi connectivity index (χ3v) is 4.01. The van der Waals surface area contributed by atoms with Gasteiger partial charge in [-0.1, -0.05) is 42.5 Å². The van der Waals surface area contributed by atoms with Crippen molar-refractivity contribution in [1.82, 2.24) is 0 Å². The van der Waals surface area contributed by atoms with Crippen molar-refractivity contribution >= 4 is 11.6 Å². The van der Waals surface area contributed by atoms with E-state index in [1.165, 1.54) is 6.26 Å². The molecule has 0 amide bonds. The summed E-state index contributed by atoms with van der Waals surface area (Å²) in [5.41, 5.74) is 1.75. The van der Waals surface area contributed by atoms with Crippen LogP contribution in [0.15, 0.2) is 77.4 Å². The van der Waals surface area contributed by atoms with Crippen LogP contribution in [0.3, 0.4) is 0 Å². The lowest BCUT2D eigenvalue weighted by Gasteiger charge is -2.15. The van der Waals surface area contributed by atoms with E-state index in [2.05, 4.69) is 0 Å². The Bertz CT molecular complexity index is 904. The molecule has 1 heterocycles. The van der Waals surface area contributed by atoms with Crippen LogP contribution >= 0.6 is 0 Å². The number of carbonyl (C=O) groups excluding carboxylic acids is 2. The second-order valence-corrected chi connectivity index (χ2v) is 5.62. The normalized spacial score (nSPS) is 11.5. The van der Waals surface area contributed by atoms with Gasteiger partial charge in [-0.3, -0.25) is 9.59 Å². The number of hydrogen-bond acceptors (Lipinski definition) is 4. The highest BCUT2D eigenvalue weighted by Crippen LogP contribution is 2.27. The first-order valence-corrected chi connectivity index (χ1v) is 7.85. The maximum atomic E-state index is 12.8. The molecular formula is C21H15NO3. The zero-order valence-corrected chi connectivity index (χ0v) is 13.4. The molecule has 25 heavy (non-hydrogen) atoms. The van der Waals surface area contributed by atoms with Gasteiger partial charge in [0, 0.05) is 12.0 Å². The molecule has 3 aromatic rings. The highest BCUT2D eigenvalue weighted by Gasteiger charge is 2.27. The summed E-state index contributed by atoms with van der Waals surface area (Å²) in [6, 6.07) is 20.9. The second-order valence-electron chi connectivity index (χ2n) is 5.62. The predicted molar refractivity (Wildman–Crippen MR) is 92.3 cm³/mol. The van der Waals surface area contributed by atoms with Crippen molar-refractivity contribution in [2.75, 3.05) is 0 Å². The Balaban J connectivity index is 1.92. The van der Waals surface area contributed by atoms with Gasteiger partial charge in [0.05, 0.1) is 23.8 Å². The van der Waals surface area contributed by atoms with E-state index in [0.717, 1.165) is 0 Å². The number of ketones is 2. The minimum atomic E-state index is -0.661. The molecular weight excluding hydrogens is 314 g/mol. The van der Waals surface area contributed by atoms with Crippen LogP contribution in [0.5, 0.6) is 0 Å². The molecule has 1 unspecified atom stereocenters. The third-order valence-electron chi connectivity index (χ3n) is 4.01. The van der Waals surface area contributed by atoms with E-state index in [1.54, 1.807) is 60.7 Å². The molecule has 0 aliphatic carbocycles. The fourth-order valence-electron chi connectivity index (χ4n) is 2.67. The molecule has 0 fully saturated rings. The van der Waals surface area contributed by atoms with Crippen LogP contribution in [-0.4, -0.2) is 11.6 Å². The van der Waals surface area contributed by atoms with E-state index >= 15 is 0 Å². The molecule has 0 radical (unpaired) electrons. The van der Waals surface area contributed by atoms with Gasteiger partial charge in [-0.05, 0) is 29.8 Å². The van der Waals surface area contributed by atoms with E-state index in [-0.39, 0.29) is 23.7 Å². The van der Waals surface area contributed by atoms with E-state index in [1.807, 2.05) is 12.1 Å². The monoisotopic (exact) mass is 329 g/mol. The average molecular weight is 329 g/mol. The van der Waals surface area contributed by atoms with Crippen LogP contribution in [0, 0.1) is 11.3 Å². The van der Waals surface area contributed by atoms with Gasteiger partial charge in [0.1, 0.15) is 0 Å². The number of furan rings is 1. The fraction of sp³-hybridized carbons (Fsp3) is 0.0952. The predicted octanol–water partition coefficient (Wildman–Crippen LogP) is 4.39. The summed E-state index contributed by atoms with van der Waals surface area (Å²) in [5, 5.41) is 8.93. The van der Waals surface area contributed by atoms with Crippen molar-refractivity contribution in [3.63, 3.8) is 0 Å². The largest absolute Gasteiger partial charge is 0.461 e. The second kappa shape index (κ2) is 7.41. The topological polar surface area (TPSA) is 71.1 Å². The van der Waals surface area contributed by atoms with Crippen molar-refractivity contribution in [2.45, 2.75) is 12.3 Å². The van der Waals surface area contributed by atoms with E-state index in [0.29, 0.717) is 16.7 Å². The summed E-state index contributed by atoms with van der Waals surface area (Å²) in [5.74, 6) is -0.810. The molecule has 4 heteroatoms. The first kappa shape index (κ1) is 16.4.